The summed E-state index contributed by atoms with van der Waals surface area (Å²) in [6.45, 7) is 1.59. The molecule has 3 N–H and O–H groups in total. The van der Waals surface area contributed by atoms with E-state index < -0.39 is 0 Å². The van der Waals surface area contributed by atoms with E-state index in [0.29, 0.717) is 5.95 Å². The fourth-order valence-electron chi connectivity index (χ4n) is 0.718. The molecule has 0 aliphatic carbocycles. The zero-order chi connectivity index (χ0) is 8.81. The van der Waals surface area contributed by atoms with Crippen LogP contribution in [0.15, 0.2) is 0 Å². The molecule has 0 saturated heterocycles. The SMILES string of the molecule is COCCCNc1nc(N)ns1. The largest absolute Gasteiger partial charge is 0.385 e. The molecular weight excluding hydrogens is 176 g/mol. The molecule has 0 unspecified atom stereocenters. The lowest BCUT2D eigenvalue weighted by atomic mass is 10.4. The molecule has 1 aromatic rings. The molecule has 0 spiro atoms. The smallest absolute Gasteiger partial charge is 0.233 e. The van der Waals surface area contributed by atoms with Gasteiger partial charge in [0.05, 0.1) is 0 Å². The van der Waals surface area contributed by atoms with E-state index in [-0.39, 0.29) is 0 Å². The Kier molecular flexibility index (Phi) is 3.75. The number of aromatic nitrogens is 2. The van der Waals surface area contributed by atoms with E-state index in [1.54, 1.807) is 7.11 Å². The van der Waals surface area contributed by atoms with Crippen molar-refractivity contribution >= 4 is 22.6 Å². The van der Waals surface area contributed by atoms with Crippen LogP contribution in [0.2, 0.25) is 0 Å². The average Bonchev–Trinajstić information content (AvgIpc) is 2.45. The zero-order valence-electron chi connectivity index (χ0n) is 6.91. The molecule has 68 valence electrons. The van der Waals surface area contributed by atoms with E-state index in [4.69, 9.17) is 10.5 Å². The minimum Gasteiger partial charge on any atom is -0.385 e. The number of anilines is 2. The summed E-state index contributed by atoms with van der Waals surface area (Å²) in [5.74, 6) is 0.328. The summed E-state index contributed by atoms with van der Waals surface area (Å²) in [7, 11) is 1.68. The summed E-state index contributed by atoms with van der Waals surface area (Å²) >= 11 is 1.27. The number of ether oxygens (including phenoxy) is 1. The van der Waals surface area contributed by atoms with E-state index in [9.17, 15) is 0 Å². The molecule has 6 heteroatoms. The first-order valence-corrected chi connectivity index (χ1v) is 4.42. The Labute approximate surface area is 75.1 Å². The van der Waals surface area contributed by atoms with Gasteiger partial charge in [0.1, 0.15) is 0 Å². The topological polar surface area (TPSA) is 73.1 Å². The number of nitrogens with one attached hydrogen (secondary N) is 1. The van der Waals surface area contributed by atoms with Crippen molar-refractivity contribution in [3.63, 3.8) is 0 Å². The van der Waals surface area contributed by atoms with E-state index in [1.807, 2.05) is 0 Å². The van der Waals surface area contributed by atoms with Crippen molar-refractivity contribution in [2.75, 3.05) is 31.3 Å². The Morgan fingerprint density at radius 3 is 3.08 bits per heavy atom. The van der Waals surface area contributed by atoms with Crippen molar-refractivity contribution in [3.8, 4) is 0 Å². The number of methoxy groups -OCH3 is 1. The second kappa shape index (κ2) is 4.89. The van der Waals surface area contributed by atoms with Gasteiger partial charge in [0.2, 0.25) is 11.1 Å². The molecule has 0 atom stereocenters. The van der Waals surface area contributed by atoms with Gasteiger partial charge in [-0.25, -0.2) is 0 Å². The minimum atomic E-state index is 0.328. The maximum atomic E-state index is 5.33. The van der Waals surface area contributed by atoms with Gasteiger partial charge in [0.25, 0.3) is 0 Å². The molecular formula is C6H12N4OS. The molecule has 1 rings (SSSR count). The summed E-state index contributed by atoms with van der Waals surface area (Å²) in [5.41, 5.74) is 5.33. The number of hydrogen-bond acceptors (Lipinski definition) is 6. The lowest BCUT2D eigenvalue weighted by molar-refractivity contribution is 0.198. The van der Waals surface area contributed by atoms with E-state index in [2.05, 4.69) is 14.7 Å². The Morgan fingerprint density at radius 2 is 2.50 bits per heavy atom. The molecule has 0 aromatic carbocycles. The summed E-state index contributed by atoms with van der Waals surface area (Å²) < 4.78 is 8.72. The van der Waals surface area contributed by atoms with Gasteiger partial charge < -0.3 is 15.8 Å². The van der Waals surface area contributed by atoms with Crippen molar-refractivity contribution in [2.24, 2.45) is 0 Å². The molecule has 12 heavy (non-hydrogen) atoms. The molecule has 0 bridgehead atoms. The Balaban J connectivity index is 2.15. The third-order valence-corrected chi connectivity index (χ3v) is 1.93. The van der Waals surface area contributed by atoms with E-state index >= 15 is 0 Å². The first kappa shape index (κ1) is 9.21. The normalized spacial score (nSPS) is 10.1. The van der Waals surface area contributed by atoms with Crippen molar-refractivity contribution in [3.05, 3.63) is 0 Å². The lowest BCUT2D eigenvalue weighted by Gasteiger charge is -1.99. The predicted molar refractivity (Wildman–Crippen MR) is 49.3 cm³/mol. The Morgan fingerprint density at radius 1 is 1.67 bits per heavy atom. The van der Waals surface area contributed by atoms with Crippen molar-refractivity contribution < 1.29 is 4.74 Å². The number of hydrogen-bond donors (Lipinski definition) is 2. The zero-order valence-corrected chi connectivity index (χ0v) is 7.73. The Bertz CT molecular complexity index is 227. The lowest BCUT2D eigenvalue weighted by Crippen LogP contribution is -2.04. The number of nitrogen functional groups attached to an aromatic ring is 1. The fourth-order valence-corrected chi connectivity index (χ4v) is 1.24. The Hall–Kier alpha value is -0.880. The minimum absolute atomic E-state index is 0.328. The highest BCUT2D eigenvalue weighted by Crippen LogP contribution is 2.10. The third-order valence-electron chi connectivity index (χ3n) is 1.24. The van der Waals surface area contributed by atoms with Gasteiger partial charge in [-0.15, -0.1) is 0 Å². The van der Waals surface area contributed by atoms with Crippen LogP contribution in [0.4, 0.5) is 11.1 Å². The van der Waals surface area contributed by atoms with Crippen molar-refractivity contribution in [2.45, 2.75) is 6.42 Å². The quantitative estimate of drug-likeness (QED) is 0.661. The number of nitrogens with two attached hydrogens (primary N) is 1. The van der Waals surface area contributed by atoms with Crippen LogP contribution in [0.1, 0.15) is 6.42 Å². The molecule has 0 amide bonds. The summed E-state index contributed by atoms with van der Waals surface area (Å²) in [5, 5.41) is 3.85. The highest BCUT2D eigenvalue weighted by Gasteiger charge is 1.97. The average molecular weight is 188 g/mol. The highest BCUT2D eigenvalue weighted by molar-refractivity contribution is 7.09. The second-order valence-corrected chi connectivity index (χ2v) is 2.98. The summed E-state index contributed by atoms with van der Waals surface area (Å²) in [4.78, 5) is 3.94. The number of nitrogens with zero attached hydrogens (tertiary/aromatic N) is 2. The maximum absolute atomic E-state index is 5.33. The van der Waals surface area contributed by atoms with E-state index in [0.717, 1.165) is 24.7 Å². The first-order chi connectivity index (χ1) is 5.83. The van der Waals surface area contributed by atoms with Gasteiger partial charge in [-0.05, 0) is 6.42 Å². The van der Waals surface area contributed by atoms with Crippen LogP contribution in [0.5, 0.6) is 0 Å². The second-order valence-electron chi connectivity index (χ2n) is 2.23. The monoisotopic (exact) mass is 188 g/mol. The standard InChI is InChI=1S/C6H12N4OS/c1-11-4-2-3-8-6-9-5(7)10-12-6/h2-4H2,1H3,(H3,7,8,9,10). The molecule has 1 aromatic heterocycles. The van der Waals surface area contributed by atoms with Gasteiger partial charge in [-0.1, -0.05) is 0 Å². The van der Waals surface area contributed by atoms with Gasteiger partial charge in [0.15, 0.2) is 0 Å². The van der Waals surface area contributed by atoms with Crippen LogP contribution in [0, 0.1) is 0 Å². The third kappa shape index (κ3) is 3.02. The molecule has 5 nitrogen and oxygen atoms in total. The molecule has 0 saturated carbocycles. The molecule has 0 aliphatic rings. The molecule has 0 aliphatic heterocycles. The van der Waals surface area contributed by atoms with Crippen LogP contribution < -0.4 is 11.1 Å². The summed E-state index contributed by atoms with van der Waals surface area (Å²) in [6, 6.07) is 0. The van der Waals surface area contributed by atoms with Crippen molar-refractivity contribution in [1.29, 1.82) is 0 Å². The van der Waals surface area contributed by atoms with Gasteiger partial charge >= 0.3 is 0 Å². The molecule has 0 radical (unpaired) electrons. The first-order valence-electron chi connectivity index (χ1n) is 3.65. The van der Waals surface area contributed by atoms with Crippen LogP contribution in [-0.4, -0.2) is 29.6 Å². The highest BCUT2D eigenvalue weighted by atomic mass is 32.1. The van der Waals surface area contributed by atoms with E-state index in [1.165, 1.54) is 11.5 Å². The van der Waals surface area contributed by atoms with Crippen LogP contribution in [-0.2, 0) is 4.74 Å². The number of rotatable bonds is 5. The maximum Gasteiger partial charge on any atom is 0.233 e. The van der Waals surface area contributed by atoms with Gasteiger partial charge in [-0.2, -0.15) is 9.36 Å². The fraction of sp³-hybridized carbons (Fsp3) is 0.667. The van der Waals surface area contributed by atoms with Crippen molar-refractivity contribution in [1.82, 2.24) is 9.36 Å². The predicted octanol–water partition coefficient (Wildman–Crippen LogP) is 0.569. The van der Waals surface area contributed by atoms with Gasteiger partial charge in [-0.3, -0.25) is 0 Å². The summed E-state index contributed by atoms with van der Waals surface area (Å²) in [6.07, 6.45) is 0.954. The molecule has 0 fully saturated rings. The van der Waals surface area contributed by atoms with Crippen LogP contribution >= 0.6 is 11.5 Å². The van der Waals surface area contributed by atoms with Crippen LogP contribution in [0.3, 0.4) is 0 Å². The van der Waals surface area contributed by atoms with Gasteiger partial charge in [0, 0.05) is 31.8 Å². The molecule has 1 heterocycles. The van der Waals surface area contributed by atoms with Crippen LogP contribution in [0.25, 0.3) is 0 Å².